The smallest absolute Gasteiger partial charge is 0.251 e. The maximum atomic E-state index is 13.1. The van der Waals surface area contributed by atoms with Crippen molar-refractivity contribution in [3.63, 3.8) is 0 Å². The quantitative estimate of drug-likeness (QED) is 0.508. The van der Waals surface area contributed by atoms with Crippen LogP contribution in [-0.4, -0.2) is 71.1 Å². The van der Waals surface area contributed by atoms with Gasteiger partial charge >= 0.3 is 0 Å². The summed E-state index contributed by atoms with van der Waals surface area (Å²) >= 11 is 6.36. The van der Waals surface area contributed by atoms with Crippen molar-refractivity contribution in [1.82, 2.24) is 10.2 Å². The van der Waals surface area contributed by atoms with Crippen molar-refractivity contribution in [1.29, 1.82) is 0 Å². The van der Waals surface area contributed by atoms with Crippen molar-refractivity contribution in [2.45, 2.75) is 19.9 Å². The second-order valence-corrected chi connectivity index (χ2v) is 8.05. The maximum absolute atomic E-state index is 13.1. The van der Waals surface area contributed by atoms with Crippen LogP contribution in [0.25, 0.3) is 0 Å². The van der Waals surface area contributed by atoms with Crippen molar-refractivity contribution in [3.8, 4) is 23.0 Å². The van der Waals surface area contributed by atoms with E-state index in [1.165, 1.54) is 7.11 Å². The minimum Gasteiger partial charge on any atom is -0.493 e. The number of amides is 1. The zero-order chi connectivity index (χ0) is 24.5. The summed E-state index contributed by atoms with van der Waals surface area (Å²) in [6, 6.07) is 9.04. The number of halogens is 1. The Balaban J connectivity index is 1.82. The lowest BCUT2D eigenvalue weighted by Crippen LogP contribution is -2.43. The van der Waals surface area contributed by atoms with Gasteiger partial charge in [-0.2, -0.15) is 0 Å². The molecule has 0 bridgehead atoms. The molecule has 1 fully saturated rings. The van der Waals surface area contributed by atoms with Crippen LogP contribution in [0.4, 0.5) is 0 Å². The molecule has 34 heavy (non-hydrogen) atoms. The van der Waals surface area contributed by atoms with Crippen LogP contribution in [0.1, 0.15) is 35.8 Å². The van der Waals surface area contributed by atoms with E-state index in [1.54, 1.807) is 19.2 Å². The van der Waals surface area contributed by atoms with Crippen LogP contribution >= 0.6 is 11.6 Å². The molecule has 0 saturated carbocycles. The Hall–Kier alpha value is -2.68. The normalized spacial score (nSPS) is 14.9. The molecular formula is C25H33ClN2O6. The third-order valence-electron chi connectivity index (χ3n) is 5.60. The summed E-state index contributed by atoms with van der Waals surface area (Å²) in [4.78, 5) is 15.4. The number of morpholine rings is 1. The lowest BCUT2D eigenvalue weighted by atomic mass is 10.0. The number of nitrogens with one attached hydrogen (secondary N) is 1. The maximum Gasteiger partial charge on any atom is 0.251 e. The van der Waals surface area contributed by atoms with Gasteiger partial charge in [0.05, 0.1) is 51.7 Å². The number of benzene rings is 2. The van der Waals surface area contributed by atoms with Gasteiger partial charge in [0.2, 0.25) is 0 Å². The van der Waals surface area contributed by atoms with Crippen LogP contribution in [0.2, 0.25) is 5.02 Å². The van der Waals surface area contributed by atoms with E-state index in [-0.39, 0.29) is 11.9 Å². The lowest BCUT2D eigenvalue weighted by Gasteiger charge is -2.35. The van der Waals surface area contributed by atoms with Gasteiger partial charge in [0.25, 0.3) is 5.91 Å². The fraction of sp³-hybridized carbons (Fsp3) is 0.480. The van der Waals surface area contributed by atoms with Gasteiger partial charge < -0.3 is 29.0 Å². The van der Waals surface area contributed by atoms with Gasteiger partial charge in [0.1, 0.15) is 0 Å². The van der Waals surface area contributed by atoms with Gasteiger partial charge in [0.15, 0.2) is 23.0 Å². The highest BCUT2D eigenvalue weighted by molar-refractivity contribution is 6.32. The van der Waals surface area contributed by atoms with Crippen molar-refractivity contribution in [2.75, 3.05) is 60.3 Å². The van der Waals surface area contributed by atoms with Crippen LogP contribution in [0.3, 0.4) is 0 Å². The molecule has 1 N–H and O–H groups in total. The van der Waals surface area contributed by atoms with Crippen molar-refractivity contribution in [2.24, 2.45) is 0 Å². The molecule has 1 aliphatic rings. The second-order valence-electron chi connectivity index (χ2n) is 7.64. The largest absolute Gasteiger partial charge is 0.493 e. The van der Waals surface area contributed by atoms with Crippen molar-refractivity contribution < 1.29 is 28.5 Å². The number of hydrogen-bond donors (Lipinski definition) is 1. The van der Waals surface area contributed by atoms with Gasteiger partial charge in [0, 0.05) is 25.2 Å². The molecule has 0 spiro atoms. The average molecular weight is 493 g/mol. The third kappa shape index (κ3) is 6.25. The Morgan fingerprint density at radius 1 is 1.03 bits per heavy atom. The van der Waals surface area contributed by atoms with E-state index in [0.29, 0.717) is 66.6 Å². The Morgan fingerprint density at radius 2 is 1.74 bits per heavy atom. The van der Waals surface area contributed by atoms with E-state index in [2.05, 4.69) is 10.2 Å². The molecule has 9 heteroatoms. The van der Waals surface area contributed by atoms with Gasteiger partial charge in [-0.25, -0.2) is 0 Å². The van der Waals surface area contributed by atoms with Gasteiger partial charge in [-0.15, -0.1) is 0 Å². The molecule has 1 amide bonds. The number of carbonyl (C=O) groups excluding carboxylic acids is 1. The summed E-state index contributed by atoms with van der Waals surface area (Å²) in [6.45, 7) is 7.98. The molecule has 0 radical (unpaired) electrons. The number of ether oxygens (including phenoxy) is 5. The Bertz CT molecular complexity index is 965. The van der Waals surface area contributed by atoms with Crippen LogP contribution in [0.15, 0.2) is 30.3 Å². The van der Waals surface area contributed by atoms with Gasteiger partial charge in [-0.05, 0) is 43.7 Å². The Labute approximate surface area is 206 Å². The molecule has 1 atom stereocenters. The molecule has 1 aliphatic heterocycles. The molecule has 1 heterocycles. The van der Waals surface area contributed by atoms with E-state index in [9.17, 15) is 4.79 Å². The fourth-order valence-corrected chi connectivity index (χ4v) is 4.21. The number of methoxy groups -OCH3 is 2. The van der Waals surface area contributed by atoms with Crippen molar-refractivity contribution in [3.05, 3.63) is 46.5 Å². The minimum absolute atomic E-state index is 0.0718. The molecule has 0 aromatic heterocycles. The minimum atomic E-state index is -0.251. The molecule has 0 aliphatic carbocycles. The SMILES string of the molecule is CCOc1ccc(C(CNC(=O)c2cc(Cl)c(OCC)c(OC)c2)N2CCOCC2)cc1OC. The summed E-state index contributed by atoms with van der Waals surface area (Å²) < 4.78 is 27.7. The van der Waals surface area contributed by atoms with E-state index >= 15 is 0 Å². The van der Waals surface area contributed by atoms with E-state index < -0.39 is 0 Å². The first-order valence-corrected chi connectivity index (χ1v) is 11.8. The summed E-state index contributed by atoms with van der Waals surface area (Å²) in [7, 11) is 3.14. The highest BCUT2D eigenvalue weighted by Crippen LogP contribution is 2.37. The predicted molar refractivity (Wildman–Crippen MR) is 131 cm³/mol. The predicted octanol–water partition coefficient (Wildman–Crippen LogP) is 3.96. The molecule has 2 aromatic carbocycles. The van der Waals surface area contributed by atoms with Crippen LogP contribution in [0.5, 0.6) is 23.0 Å². The molecule has 2 aromatic rings. The van der Waals surface area contributed by atoms with Crippen LogP contribution < -0.4 is 24.3 Å². The van der Waals surface area contributed by atoms with E-state index in [0.717, 1.165) is 18.7 Å². The Morgan fingerprint density at radius 3 is 2.38 bits per heavy atom. The number of hydrogen-bond acceptors (Lipinski definition) is 7. The monoisotopic (exact) mass is 492 g/mol. The first-order chi connectivity index (χ1) is 16.5. The van der Waals surface area contributed by atoms with E-state index in [4.69, 9.17) is 35.3 Å². The Kier molecular flexibility index (Phi) is 9.68. The lowest BCUT2D eigenvalue weighted by molar-refractivity contribution is 0.0162. The van der Waals surface area contributed by atoms with Gasteiger partial charge in [-0.1, -0.05) is 17.7 Å². The number of nitrogens with zero attached hydrogens (tertiary/aromatic N) is 1. The molecule has 8 nitrogen and oxygen atoms in total. The first-order valence-electron chi connectivity index (χ1n) is 11.4. The summed E-state index contributed by atoms with van der Waals surface area (Å²) in [5.41, 5.74) is 1.42. The highest BCUT2D eigenvalue weighted by atomic mass is 35.5. The van der Waals surface area contributed by atoms with Gasteiger partial charge in [-0.3, -0.25) is 9.69 Å². The standard InChI is InChI=1S/C25H33ClN2O6/c1-5-33-21-8-7-17(14-22(21)30-3)20(28-9-11-32-12-10-28)16-27-25(29)18-13-19(26)24(34-6-2)23(15-18)31-4/h7-8,13-15,20H,5-6,9-12,16H2,1-4H3,(H,27,29). The second kappa shape index (κ2) is 12.7. The summed E-state index contributed by atoms with van der Waals surface area (Å²) in [5, 5.41) is 3.38. The average Bonchev–Trinajstić information content (AvgIpc) is 2.86. The number of carbonyl (C=O) groups is 1. The molecule has 186 valence electrons. The van der Waals surface area contributed by atoms with Crippen molar-refractivity contribution >= 4 is 17.5 Å². The third-order valence-corrected chi connectivity index (χ3v) is 5.88. The fourth-order valence-electron chi connectivity index (χ4n) is 3.94. The summed E-state index contributed by atoms with van der Waals surface area (Å²) in [6.07, 6.45) is 0. The van der Waals surface area contributed by atoms with E-state index in [1.807, 2.05) is 32.0 Å². The molecule has 3 rings (SSSR count). The van der Waals surface area contributed by atoms with Crippen LogP contribution in [-0.2, 0) is 4.74 Å². The topological polar surface area (TPSA) is 78.5 Å². The molecule has 1 unspecified atom stereocenters. The zero-order valence-electron chi connectivity index (χ0n) is 20.2. The number of rotatable bonds is 11. The highest BCUT2D eigenvalue weighted by Gasteiger charge is 2.25. The first kappa shape index (κ1) is 25.9. The zero-order valence-corrected chi connectivity index (χ0v) is 20.9. The molecular weight excluding hydrogens is 460 g/mol. The van der Waals surface area contributed by atoms with Crippen LogP contribution in [0, 0.1) is 0 Å². The molecule has 1 saturated heterocycles. The summed E-state index contributed by atoms with van der Waals surface area (Å²) in [5.74, 6) is 1.94.